The second kappa shape index (κ2) is 4.06. The minimum absolute atomic E-state index is 0.00326. The summed E-state index contributed by atoms with van der Waals surface area (Å²) >= 11 is 1.52. The number of thiophene rings is 1. The summed E-state index contributed by atoms with van der Waals surface area (Å²) in [5.74, 6) is -1.30. The molecule has 0 aromatic carbocycles. The van der Waals surface area contributed by atoms with E-state index in [1.165, 1.54) is 16.2 Å². The van der Waals surface area contributed by atoms with Crippen LogP contribution in [0.25, 0.3) is 11.4 Å². The van der Waals surface area contributed by atoms with E-state index in [0.717, 1.165) is 18.5 Å². The van der Waals surface area contributed by atoms with Gasteiger partial charge in [-0.2, -0.15) is 18.2 Å². The third-order valence-corrected chi connectivity index (χ3v) is 3.81. The molecule has 0 aliphatic carbocycles. The van der Waals surface area contributed by atoms with Gasteiger partial charge < -0.3 is 9.84 Å². The lowest BCUT2D eigenvalue weighted by atomic mass is 10.1. The summed E-state index contributed by atoms with van der Waals surface area (Å²) in [6, 6.07) is 0. The number of rotatable bonds is 1. The van der Waals surface area contributed by atoms with E-state index in [1.54, 1.807) is 5.38 Å². The lowest BCUT2D eigenvalue weighted by Crippen LogP contribution is -2.22. The van der Waals surface area contributed by atoms with E-state index in [0.29, 0.717) is 12.1 Å². The summed E-state index contributed by atoms with van der Waals surface area (Å²) in [5.41, 5.74) is 1.60. The van der Waals surface area contributed by atoms with Gasteiger partial charge in [-0.05, 0) is 12.0 Å². The molecular weight excluding hydrogens is 267 g/mol. The topological polar surface area (TPSA) is 51.0 Å². The van der Waals surface area contributed by atoms with Gasteiger partial charge in [-0.15, -0.1) is 11.3 Å². The molecule has 0 fully saturated rings. The number of nitrogens with zero attached hydrogens (tertiary/aromatic N) is 2. The minimum Gasteiger partial charge on any atom is -0.329 e. The van der Waals surface area contributed by atoms with Crippen molar-refractivity contribution in [3.05, 3.63) is 21.7 Å². The van der Waals surface area contributed by atoms with Crippen molar-refractivity contribution in [1.82, 2.24) is 15.5 Å². The van der Waals surface area contributed by atoms with E-state index >= 15 is 0 Å². The standard InChI is InChI=1S/C10H8F3N3OS/c11-10(12,13)9-15-8(16-17-9)6-4-18-7-1-2-14-3-5(6)7/h4,14H,1-3H2. The first-order valence-electron chi connectivity index (χ1n) is 5.27. The Labute approximate surface area is 104 Å². The molecular formula is C10H8F3N3OS. The van der Waals surface area contributed by atoms with Gasteiger partial charge in [0, 0.05) is 28.9 Å². The largest absolute Gasteiger partial charge is 0.471 e. The zero-order chi connectivity index (χ0) is 12.8. The van der Waals surface area contributed by atoms with E-state index in [1.807, 2.05) is 0 Å². The Kier molecular flexibility index (Phi) is 2.63. The van der Waals surface area contributed by atoms with Crippen LogP contribution in [0.2, 0.25) is 0 Å². The predicted molar refractivity (Wildman–Crippen MR) is 58.0 cm³/mol. The maximum absolute atomic E-state index is 12.4. The van der Waals surface area contributed by atoms with Crippen LogP contribution in [0.1, 0.15) is 16.3 Å². The summed E-state index contributed by atoms with van der Waals surface area (Å²) in [6.07, 6.45) is -3.72. The van der Waals surface area contributed by atoms with E-state index in [4.69, 9.17) is 0 Å². The highest BCUT2D eigenvalue weighted by Crippen LogP contribution is 2.34. The van der Waals surface area contributed by atoms with E-state index in [9.17, 15) is 13.2 Å². The van der Waals surface area contributed by atoms with Crippen LogP contribution in [0, 0.1) is 0 Å². The first kappa shape index (κ1) is 11.7. The Morgan fingerprint density at radius 1 is 1.39 bits per heavy atom. The van der Waals surface area contributed by atoms with Gasteiger partial charge in [0.2, 0.25) is 5.82 Å². The first-order chi connectivity index (χ1) is 8.55. The Bertz CT molecular complexity index is 575. The van der Waals surface area contributed by atoms with Crippen molar-refractivity contribution in [2.45, 2.75) is 19.1 Å². The van der Waals surface area contributed by atoms with Crippen molar-refractivity contribution >= 4 is 11.3 Å². The molecule has 0 unspecified atom stereocenters. The van der Waals surface area contributed by atoms with Gasteiger partial charge >= 0.3 is 12.1 Å². The normalized spacial score (nSPS) is 15.7. The molecule has 3 rings (SSSR count). The molecule has 0 amide bonds. The van der Waals surface area contributed by atoms with Crippen molar-refractivity contribution in [2.24, 2.45) is 0 Å². The number of alkyl halides is 3. The second-order valence-corrected chi connectivity index (χ2v) is 4.86. The van der Waals surface area contributed by atoms with E-state index in [-0.39, 0.29) is 5.82 Å². The van der Waals surface area contributed by atoms with Gasteiger partial charge in [-0.1, -0.05) is 5.16 Å². The van der Waals surface area contributed by atoms with E-state index < -0.39 is 12.1 Å². The lowest BCUT2D eigenvalue weighted by molar-refractivity contribution is -0.159. The molecule has 0 bridgehead atoms. The van der Waals surface area contributed by atoms with Gasteiger partial charge in [0.1, 0.15) is 0 Å². The minimum atomic E-state index is -4.60. The summed E-state index contributed by atoms with van der Waals surface area (Å²) in [5, 5.41) is 8.36. The van der Waals surface area contributed by atoms with Crippen LogP contribution in [0.5, 0.6) is 0 Å². The van der Waals surface area contributed by atoms with Crippen LogP contribution < -0.4 is 5.32 Å². The molecule has 3 heterocycles. The van der Waals surface area contributed by atoms with Crippen LogP contribution in [0.3, 0.4) is 0 Å². The fourth-order valence-electron chi connectivity index (χ4n) is 1.88. The molecule has 2 aromatic rings. The van der Waals surface area contributed by atoms with Crippen molar-refractivity contribution < 1.29 is 17.7 Å². The average molecular weight is 275 g/mol. The smallest absolute Gasteiger partial charge is 0.329 e. The van der Waals surface area contributed by atoms with Gasteiger partial charge in [0.15, 0.2) is 0 Å². The summed E-state index contributed by atoms with van der Waals surface area (Å²) in [7, 11) is 0. The average Bonchev–Trinajstić information content (AvgIpc) is 2.94. The van der Waals surface area contributed by atoms with Crippen LogP contribution >= 0.6 is 11.3 Å². The molecule has 8 heteroatoms. The Morgan fingerprint density at radius 3 is 2.94 bits per heavy atom. The maximum atomic E-state index is 12.4. The lowest BCUT2D eigenvalue weighted by Gasteiger charge is -2.13. The molecule has 0 spiro atoms. The maximum Gasteiger partial charge on any atom is 0.471 e. The molecule has 1 aliphatic rings. The number of hydrogen-bond donors (Lipinski definition) is 1. The third kappa shape index (κ3) is 1.91. The van der Waals surface area contributed by atoms with Gasteiger partial charge in [0.05, 0.1) is 0 Å². The summed E-state index contributed by atoms with van der Waals surface area (Å²) < 4.78 is 41.4. The monoisotopic (exact) mass is 275 g/mol. The molecule has 0 saturated heterocycles. The third-order valence-electron chi connectivity index (χ3n) is 2.72. The second-order valence-electron chi connectivity index (χ2n) is 3.90. The highest BCUT2D eigenvalue weighted by Gasteiger charge is 2.38. The zero-order valence-electron chi connectivity index (χ0n) is 9.04. The quantitative estimate of drug-likeness (QED) is 0.868. The zero-order valence-corrected chi connectivity index (χ0v) is 9.86. The molecule has 2 aromatic heterocycles. The van der Waals surface area contributed by atoms with Crippen molar-refractivity contribution in [3.8, 4) is 11.4 Å². The van der Waals surface area contributed by atoms with E-state index in [2.05, 4.69) is 20.0 Å². The number of halogens is 3. The summed E-state index contributed by atoms with van der Waals surface area (Å²) in [6.45, 7) is 1.51. The fraction of sp³-hybridized carbons (Fsp3) is 0.400. The van der Waals surface area contributed by atoms with Crippen LogP contribution in [-0.4, -0.2) is 16.7 Å². The molecule has 18 heavy (non-hydrogen) atoms. The van der Waals surface area contributed by atoms with Gasteiger partial charge in [-0.3, -0.25) is 0 Å². The van der Waals surface area contributed by atoms with Crippen LogP contribution in [-0.2, 0) is 19.1 Å². The number of fused-ring (bicyclic) bond motifs is 1. The molecule has 0 saturated carbocycles. The Hall–Kier alpha value is -1.41. The Balaban J connectivity index is 2.00. The molecule has 0 radical (unpaired) electrons. The van der Waals surface area contributed by atoms with Gasteiger partial charge in [-0.25, -0.2) is 0 Å². The van der Waals surface area contributed by atoms with Crippen molar-refractivity contribution in [2.75, 3.05) is 6.54 Å². The molecule has 4 nitrogen and oxygen atoms in total. The predicted octanol–water partition coefficient (Wildman–Crippen LogP) is 2.46. The van der Waals surface area contributed by atoms with Crippen molar-refractivity contribution in [1.29, 1.82) is 0 Å². The number of nitrogens with one attached hydrogen (secondary N) is 1. The van der Waals surface area contributed by atoms with Crippen LogP contribution in [0.15, 0.2) is 9.90 Å². The van der Waals surface area contributed by atoms with Crippen molar-refractivity contribution in [3.63, 3.8) is 0 Å². The SMILES string of the molecule is FC(F)(F)c1nc(-c2csc3c2CNCC3)no1. The Morgan fingerprint density at radius 2 is 2.22 bits per heavy atom. The van der Waals surface area contributed by atoms with Gasteiger partial charge in [0.25, 0.3) is 0 Å². The highest BCUT2D eigenvalue weighted by atomic mass is 32.1. The molecule has 0 atom stereocenters. The highest BCUT2D eigenvalue weighted by molar-refractivity contribution is 7.10. The first-order valence-corrected chi connectivity index (χ1v) is 6.15. The molecule has 1 aliphatic heterocycles. The fourth-order valence-corrected chi connectivity index (χ4v) is 2.93. The van der Waals surface area contributed by atoms with Crippen LogP contribution in [0.4, 0.5) is 13.2 Å². The molecule has 96 valence electrons. The number of aromatic nitrogens is 2. The summed E-state index contributed by atoms with van der Waals surface area (Å²) in [4.78, 5) is 4.58. The molecule has 1 N–H and O–H groups in total. The number of hydrogen-bond acceptors (Lipinski definition) is 5.